The number of thioether (sulfide) groups is 1. The zero-order valence-electron chi connectivity index (χ0n) is 26.9. The van der Waals surface area contributed by atoms with Crippen molar-refractivity contribution in [3.05, 3.63) is 65.7 Å². The predicted molar refractivity (Wildman–Crippen MR) is 176 cm³/mol. The second-order valence-electron chi connectivity index (χ2n) is 11.4. The summed E-state index contributed by atoms with van der Waals surface area (Å²) < 4.78 is 4.99. The number of nitrogens with one attached hydrogen (secondary N) is 4. The van der Waals surface area contributed by atoms with Crippen LogP contribution in [0.1, 0.15) is 50.4 Å². The zero-order valence-corrected chi connectivity index (χ0v) is 27.7. The van der Waals surface area contributed by atoms with Crippen molar-refractivity contribution in [2.45, 2.75) is 51.4 Å². The maximum atomic E-state index is 13.4. The lowest BCUT2D eigenvalue weighted by Gasteiger charge is -2.27. The molecular weight excluding hydrogens is 646 g/mol. The number of carbonyl (C=O) groups excluding carboxylic acids is 6. The SMILES string of the molecule is CC(=O)OC[C@H](NC(=O)[C@H](N)c1ccc(O)cc1)C(=O)NC(C(=O)SCCNC(=O)CCNC(=O)[C@@H](O)C(C)(C)CO)c1ccccc1. The number of phenols is 1. The quantitative estimate of drug-likeness (QED) is 0.0733. The first kappa shape index (κ1) is 39.7. The number of rotatable bonds is 18. The van der Waals surface area contributed by atoms with Gasteiger partial charge in [-0.25, -0.2) is 0 Å². The molecule has 0 fully saturated rings. The highest BCUT2D eigenvalue weighted by atomic mass is 32.2. The van der Waals surface area contributed by atoms with Crippen LogP contribution in [0.4, 0.5) is 0 Å². The molecule has 1 unspecified atom stereocenters. The van der Waals surface area contributed by atoms with Crippen molar-refractivity contribution in [3.8, 4) is 5.75 Å². The Morgan fingerprint density at radius 1 is 0.875 bits per heavy atom. The Kier molecular flexibility index (Phi) is 16.0. The number of amides is 4. The van der Waals surface area contributed by atoms with E-state index in [9.17, 15) is 44.1 Å². The summed E-state index contributed by atoms with van der Waals surface area (Å²) in [5.74, 6) is -3.33. The normalized spacial score (nSPS) is 13.6. The number of aliphatic hydroxyl groups is 2. The Morgan fingerprint density at radius 2 is 1.52 bits per heavy atom. The van der Waals surface area contributed by atoms with Gasteiger partial charge in [0.1, 0.15) is 36.6 Å². The Hall–Kier alpha value is -4.51. The molecule has 0 aromatic heterocycles. The molecule has 262 valence electrons. The number of aromatic hydroxyl groups is 1. The van der Waals surface area contributed by atoms with Crippen LogP contribution < -0.4 is 27.0 Å². The van der Waals surface area contributed by atoms with Crippen LogP contribution in [0.5, 0.6) is 5.75 Å². The van der Waals surface area contributed by atoms with Crippen molar-refractivity contribution in [2.75, 3.05) is 32.1 Å². The third-order valence-electron chi connectivity index (χ3n) is 6.99. The van der Waals surface area contributed by atoms with E-state index in [1.807, 2.05) is 0 Å². The highest BCUT2D eigenvalue weighted by Gasteiger charge is 2.33. The van der Waals surface area contributed by atoms with E-state index in [0.717, 1.165) is 18.7 Å². The number of nitrogens with two attached hydrogens (primary N) is 1. The van der Waals surface area contributed by atoms with Gasteiger partial charge in [-0.15, -0.1) is 0 Å². The summed E-state index contributed by atoms with van der Waals surface area (Å²) in [6, 6.07) is 10.1. The lowest BCUT2D eigenvalue weighted by Crippen LogP contribution is -2.53. The van der Waals surface area contributed by atoms with Gasteiger partial charge in [0.15, 0.2) is 0 Å². The number of carbonyl (C=O) groups is 6. The number of ether oxygens (including phenoxy) is 1. The lowest BCUT2D eigenvalue weighted by molar-refractivity contribution is -0.144. The average molecular weight is 690 g/mol. The molecular formula is C32H43N5O10S. The van der Waals surface area contributed by atoms with Crippen molar-refractivity contribution in [2.24, 2.45) is 11.1 Å². The molecule has 0 bridgehead atoms. The standard InChI is InChI=1S/C32H43N5O10S/c1-19(39)47-17-23(36-29(44)25(33)20-9-11-22(40)12-10-20)28(43)37-26(21-7-5-4-6-8-21)31(46)48-16-15-34-24(41)13-14-35-30(45)27(42)32(2,3)18-38/h4-12,23,25-27,38,40,42H,13-18,33H2,1-3H3,(H,34,41)(H,35,45)(H,36,44)(H,37,43)/t23-,25+,26?,27+/m0/s1. The Morgan fingerprint density at radius 3 is 2.12 bits per heavy atom. The molecule has 4 amide bonds. The Labute approximate surface area is 282 Å². The zero-order chi connectivity index (χ0) is 35.9. The summed E-state index contributed by atoms with van der Waals surface area (Å²) in [5.41, 5.74) is 5.78. The topological polar surface area (TPSA) is 246 Å². The van der Waals surface area contributed by atoms with E-state index < -0.39 is 77.6 Å². The predicted octanol–water partition coefficient (Wildman–Crippen LogP) is -0.441. The molecule has 0 saturated heterocycles. The molecule has 48 heavy (non-hydrogen) atoms. The van der Waals surface area contributed by atoms with Gasteiger partial charge in [0.05, 0.1) is 6.61 Å². The molecule has 0 spiro atoms. The monoisotopic (exact) mass is 689 g/mol. The fourth-order valence-electron chi connectivity index (χ4n) is 4.00. The van der Waals surface area contributed by atoms with Crippen molar-refractivity contribution >= 4 is 46.5 Å². The van der Waals surface area contributed by atoms with Gasteiger partial charge in [-0.3, -0.25) is 28.8 Å². The van der Waals surface area contributed by atoms with Gasteiger partial charge in [0.2, 0.25) is 28.7 Å². The van der Waals surface area contributed by atoms with Crippen LogP contribution >= 0.6 is 11.8 Å². The van der Waals surface area contributed by atoms with Gasteiger partial charge in [-0.1, -0.05) is 68.1 Å². The molecule has 0 heterocycles. The largest absolute Gasteiger partial charge is 0.508 e. The summed E-state index contributed by atoms with van der Waals surface area (Å²) in [7, 11) is 0. The van der Waals surface area contributed by atoms with E-state index in [-0.39, 0.29) is 31.0 Å². The van der Waals surface area contributed by atoms with Crippen LogP contribution in [0, 0.1) is 5.41 Å². The maximum Gasteiger partial charge on any atom is 0.302 e. The van der Waals surface area contributed by atoms with Crippen molar-refractivity contribution in [1.29, 1.82) is 0 Å². The summed E-state index contributed by atoms with van der Waals surface area (Å²) in [6.45, 7) is 3.25. The van der Waals surface area contributed by atoms with E-state index in [1.165, 1.54) is 38.1 Å². The van der Waals surface area contributed by atoms with Crippen LogP contribution in [0.15, 0.2) is 54.6 Å². The first-order valence-corrected chi connectivity index (χ1v) is 16.0. The number of hydrogen-bond donors (Lipinski definition) is 8. The molecule has 4 atom stereocenters. The van der Waals surface area contributed by atoms with Crippen LogP contribution in [0.3, 0.4) is 0 Å². The number of aliphatic hydroxyl groups excluding tert-OH is 2. The van der Waals surface area contributed by atoms with Gasteiger partial charge in [-0.2, -0.15) is 0 Å². The van der Waals surface area contributed by atoms with E-state index in [2.05, 4.69) is 21.3 Å². The second kappa shape index (κ2) is 19.3. The smallest absolute Gasteiger partial charge is 0.302 e. The third-order valence-corrected chi connectivity index (χ3v) is 7.92. The lowest BCUT2D eigenvalue weighted by atomic mass is 9.87. The van der Waals surface area contributed by atoms with Gasteiger partial charge < -0.3 is 47.1 Å². The third kappa shape index (κ3) is 12.9. The van der Waals surface area contributed by atoms with Gasteiger partial charge in [0, 0.05) is 37.6 Å². The van der Waals surface area contributed by atoms with Crippen LogP contribution in [0.2, 0.25) is 0 Å². The summed E-state index contributed by atoms with van der Waals surface area (Å²) in [5, 5.41) is 38.5. The minimum Gasteiger partial charge on any atom is -0.508 e. The molecule has 0 radical (unpaired) electrons. The molecule has 0 aliphatic carbocycles. The Bertz CT molecular complexity index is 1410. The molecule has 0 aliphatic rings. The first-order valence-electron chi connectivity index (χ1n) is 15.0. The summed E-state index contributed by atoms with van der Waals surface area (Å²) in [4.78, 5) is 75.4. The van der Waals surface area contributed by atoms with Gasteiger partial charge in [-0.05, 0) is 23.3 Å². The minimum atomic E-state index is -1.46. The molecule has 2 aromatic carbocycles. The first-order chi connectivity index (χ1) is 22.7. The number of benzene rings is 2. The van der Waals surface area contributed by atoms with Gasteiger partial charge in [0.25, 0.3) is 0 Å². The fraction of sp³-hybridized carbons (Fsp3) is 0.438. The molecule has 2 aromatic rings. The molecule has 0 aliphatic heterocycles. The van der Waals surface area contributed by atoms with Crippen LogP contribution in [0.25, 0.3) is 0 Å². The molecule has 15 nitrogen and oxygen atoms in total. The summed E-state index contributed by atoms with van der Waals surface area (Å²) in [6.07, 6.45) is -1.55. The molecule has 2 rings (SSSR count). The number of phenolic OH excluding ortho intramolecular Hbond substituents is 1. The molecule has 16 heteroatoms. The summed E-state index contributed by atoms with van der Waals surface area (Å²) >= 11 is 0.840. The van der Waals surface area contributed by atoms with Gasteiger partial charge >= 0.3 is 5.97 Å². The minimum absolute atomic E-state index is 0.0302. The Balaban J connectivity index is 1.99. The van der Waals surface area contributed by atoms with Crippen LogP contribution in [-0.4, -0.2) is 94.2 Å². The van der Waals surface area contributed by atoms with E-state index in [0.29, 0.717) is 11.1 Å². The van der Waals surface area contributed by atoms with Crippen molar-refractivity contribution in [3.63, 3.8) is 0 Å². The van der Waals surface area contributed by atoms with E-state index in [4.69, 9.17) is 10.5 Å². The highest BCUT2D eigenvalue weighted by molar-refractivity contribution is 8.13. The highest BCUT2D eigenvalue weighted by Crippen LogP contribution is 2.21. The van der Waals surface area contributed by atoms with Crippen molar-refractivity contribution in [1.82, 2.24) is 21.3 Å². The second-order valence-corrected chi connectivity index (χ2v) is 12.5. The maximum absolute atomic E-state index is 13.4. The van der Waals surface area contributed by atoms with Crippen LogP contribution in [-0.2, 0) is 33.5 Å². The fourth-order valence-corrected chi connectivity index (χ4v) is 4.76. The van der Waals surface area contributed by atoms with E-state index >= 15 is 0 Å². The molecule has 0 saturated carbocycles. The van der Waals surface area contributed by atoms with E-state index in [1.54, 1.807) is 30.3 Å². The average Bonchev–Trinajstić information content (AvgIpc) is 3.06. The molecule has 9 N–H and O–H groups in total. The number of hydrogen-bond acceptors (Lipinski definition) is 12. The number of esters is 1. The van der Waals surface area contributed by atoms with Crippen molar-refractivity contribution < 1.29 is 48.8 Å².